The van der Waals surface area contributed by atoms with E-state index in [2.05, 4.69) is 25.7 Å². The number of nitrogens with one attached hydrogen (secondary N) is 2. The van der Waals surface area contributed by atoms with E-state index >= 15 is 0 Å². The summed E-state index contributed by atoms with van der Waals surface area (Å²) in [7, 11) is 3.11. The molecule has 1 amide bonds. The van der Waals surface area contributed by atoms with Crippen LogP contribution in [-0.4, -0.2) is 39.9 Å². The number of pyridine rings is 1. The Balaban J connectivity index is 1.73. The molecule has 1 atom stereocenters. The number of hydrogen-bond acceptors (Lipinski definition) is 7. The second kappa shape index (κ2) is 7.63. The fraction of sp³-hybridized carbons (Fsp3) is 0.200. The molecule has 29 heavy (non-hydrogen) atoms. The maximum atomic E-state index is 13.3. The molecule has 148 valence electrons. The Kier molecular flexibility index (Phi) is 4.86. The van der Waals surface area contributed by atoms with Crippen LogP contribution < -0.4 is 20.1 Å². The smallest absolute Gasteiger partial charge is 0.256 e. The van der Waals surface area contributed by atoms with Crippen LogP contribution in [0.2, 0.25) is 0 Å². The molecule has 1 aliphatic heterocycles. The number of amides is 1. The minimum Gasteiger partial charge on any atom is -0.497 e. The molecular weight excluding hydrogens is 372 g/mol. The van der Waals surface area contributed by atoms with Gasteiger partial charge in [-0.1, -0.05) is 6.07 Å². The van der Waals surface area contributed by atoms with Gasteiger partial charge in [-0.05, 0) is 31.2 Å². The number of rotatable bonds is 5. The Bertz CT molecular complexity index is 1080. The monoisotopic (exact) mass is 392 g/mol. The molecule has 4 rings (SSSR count). The van der Waals surface area contributed by atoms with Crippen molar-refractivity contribution in [3.8, 4) is 11.5 Å². The van der Waals surface area contributed by atoms with Crippen molar-refractivity contribution >= 4 is 17.5 Å². The van der Waals surface area contributed by atoms with Crippen molar-refractivity contribution in [2.75, 3.05) is 24.9 Å². The van der Waals surface area contributed by atoms with Crippen molar-refractivity contribution in [2.45, 2.75) is 13.0 Å². The first-order valence-electron chi connectivity index (χ1n) is 8.94. The van der Waals surface area contributed by atoms with E-state index in [1.54, 1.807) is 36.2 Å². The molecule has 9 nitrogen and oxygen atoms in total. The zero-order chi connectivity index (χ0) is 20.4. The van der Waals surface area contributed by atoms with E-state index in [1.165, 1.54) is 13.4 Å². The van der Waals surface area contributed by atoms with Crippen LogP contribution in [0.4, 0.5) is 11.6 Å². The standard InChI is InChI=1S/C20H20N6O3/c1-12-17(19(27)25-14-8-7-13(28-2)10-16(14)29-3)18(15-6-4-5-9-21-15)26-20(24-12)22-11-23-26/h4-11,18H,1-3H3,(H,25,27)(H,22,23,24). The van der Waals surface area contributed by atoms with E-state index in [9.17, 15) is 4.79 Å². The highest BCUT2D eigenvalue weighted by Gasteiger charge is 2.34. The molecule has 3 aromatic rings. The van der Waals surface area contributed by atoms with E-state index in [0.717, 1.165) is 0 Å². The van der Waals surface area contributed by atoms with Crippen LogP contribution in [0.3, 0.4) is 0 Å². The van der Waals surface area contributed by atoms with Crippen molar-refractivity contribution in [3.05, 3.63) is 65.9 Å². The van der Waals surface area contributed by atoms with Crippen LogP contribution in [0.1, 0.15) is 18.7 Å². The lowest BCUT2D eigenvalue weighted by molar-refractivity contribution is -0.113. The summed E-state index contributed by atoms with van der Waals surface area (Å²) < 4.78 is 12.3. The summed E-state index contributed by atoms with van der Waals surface area (Å²) >= 11 is 0. The van der Waals surface area contributed by atoms with Gasteiger partial charge in [-0.2, -0.15) is 10.1 Å². The SMILES string of the molecule is COc1ccc(NC(=O)C2=C(C)Nc3ncnn3C2c2ccccn2)c(OC)c1. The molecule has 0 saturated carbocycles. The maximum absolute atomic E-state index is 13.3. The Labute approximate surface area is 167 Å². The maximum Gasteiger partial charge on any atom is 0.256 e. The molecule has 2 N–H and O–H groups in total. The number of methoxy groups -OCH3 is 2. The van der Waals surface area contributed by atoms with Gasteiger partial charge < -0.3 is 20.1 Å². The quantitative estimate of drug-likeness (QED) is 0.688. The molecule has 0 spiro atoms. The highest BCUT2D eigenvalue weighted by Crippen LogP contribution is 2.35. The van der Waals surface area contributed by atoms with Gasteiger partial charge in [0.05, 0.1) is 31.2 Å². The molecule has 1 aliphatic rings. The van der Waals surface area contributed by atoms with Crippen LogP contribution in [0.15, 0.2) is 60.2 Å². The molecule has 3 heterocycles. The summed E-state index contributed by atoms with van der Waals surface area (Å²) in [5.41, 5.74) is 2.38. The number of benzene rings is 1. The number of ether oxygens (including phenoxy) is 2. The second-order valence-corrected chi connectivity index (χ2v) is 6.37. The molecule has 0 aliphatic carbocycles. The van der Waals surface area contributed by atoms with E-state index in [-0.39, 0.29) is 5.91 Å². The molecule has 0 radical (unpaired) electrons. The van der Waals surface area contributed by atoms with Crippen LogP contribution in [0.5, 0.6) is 11.5 Å². The van der Waals surface area contributed by atoms with Gasteiger partial charge in [-0.3, -0.25) is 9.78 Å². The first-order chi connectivity index (χ1) is 14.1. The third kappa shape index (κ3) is 3.38. The van der Waals surface area contributed by atoms with Gasteiger partial charge in [0.15, 0.2) is 0 Å². The van der Waals surface area contributed by atoms with Crippen molar-refractivity contribution in [3.63, 3.8) is 0 Å². The molecule has 1 unspecified atom stereocenters. The van der Waals surface area contributed by atoms with Gasteiger partial charge >= 0.3 is 0 Å². The third-order valence-corrected chi connectivity index (χ3v) is 4.66. The van der Waals surface area contributed by atoms with Crippen molar-refractivity contribution in [1.82, 2.24) is 19.7 Å². The summed E-state index contributed by atoms with van der Waals surface area (Å²) in [5, 5.41) is 10.4. The number of hydrogen-bond donors (Lipinski definition) is 2. The number of nitrogens with zero attached hydrogens (tertiary/aromatic N) is 4. The summed E-state index contributed by atoms with van der Waals surface area (Å²) in [6.07, 6.45) is 3.13. The second-order valence-electron chi connectivity index (χ2n) is 6.37. The minimum absolute atomic E-state index is 0.296. The predicted octanol–water partition coefficient (Wildman–Crippen LogP) is 2.62. The van der Waals surface area contributed by atoms with E-state index in [0.29, 0.717) is 40.1 Å². The van der Waals surface area contributed by atoms with Gasteiger partial charge in [0.25, 0.3) is 5.91 Å². The fourth-order valence-electron chi connectivity index (χ4n) is 3.29. The average molecular weight is 392 g/mol. The van der Waals surface area contributed by atoms with Gasteiger partial charge in [0, 0.05) is 18.0 Å². The van der Waals surface area contributed by atoms with Gasteiger partial charge in [0.2, 0.25) is 5.95 Å². The normalized spacial score (nSPS) is 15.3. The summed E-state index contributed by atoms with van der Waals surface area (Å²) in [4.78, 5) is 22.0. The lowest BCUT2D eigenvalue weighted by Gasteiger charge is -2.28. The highest BCUT2D eigenvalue weighted by atomic mass is 16.5. The van der Waals surface area contributed by atoms with Crippen LogP contribution in [-0.2, 0) is 4.79 Å². The zero-order valence-corrected chi connectivity index (χ0v) is 16.2. The van der Waals surface area contributed by atoms with Crippen LogP contribution >= 0.6 is 0 Å². The van der Waals surface area contributed by atoms with Gasteiger partial charge in [-0.25, -0.2) is 4.68 Å². The van der Waals surface area contributed by atoms with Crippen molar-refractivity contribution in [1.29, 1.82) is 0 Å². The lowest BCUT2D eigenvalue weighted by atomic mass is 9.98. The summed E-state index contributed by atoms with van der Waals surface area (Å²) in [6.45, 7) is 1.83. The number of anilines is 2. The number of carbonyl (C=O) groups excluding carboxylic acids is 1. The number of carbonyl (C=O) groups is 1. The molecule has 0 saturated heterocycles. The fourth-order valence-corrected chi connectivity index (χ4v) is 3.29. The third-order valence-electron chi connectivity index (χ3n) is 4.66. The summed E-state index contributed by atoms with van der Waals surface area (Å²) in [6, 6.07) is 10.2. The minimum atomic E-state index is -0.515. The van der Waals surface area contributed by atoms with Crippen molar-refractivity contribution in [2.24, 2.45) is 0 Å². The van der Waals surface area contributed by atoms with Gasteiger partial charge in [0.1, 0.15) is 23.9 Å². The molecule has 9 heteroatoms. The van der Waals surface area contributed by atoms with Gasteiger partial charge in [-0.15, -0.1) is 0 Å². The highest BCUT2D eigenvalue weighted by molar-refractivity contribution is 6.06. The Hall–Kier alpha value is -3.88. The first kappa shape index (κ1) is 18.5. The lowest BCUT2D eigenvalue weighted by Crippen LogP contribution is -2.32. The van der Waals surface area contributed by atoms with Crippen molar-refractivity contribution < 1.29 is 14.3 Å². The molecular formula is C20H20N6O3. The molecule has 0 bridgehead atoms. The molecule has 2 aromatic heterocycles. The number of allylic oxidation sites excluding steroid dienone is 1. The van der Waals surface area contributed by atoms with Crippen LogP contribution in [0, 0.1) is 0 Å². The topological polar surface area (TPSA) is 103 Å². The van der Waals surface area contributed by atoms with E-state index in [1.807, 2.05) is 25.1 Å². The Morgan fingerprint density at radius 2 is 2.03 bits per heavy atom. The Morgan fingerprint density at radius 1 is 1.17 bits per heavy atom. The number of fused-ring (bicyclic) bond motifs is 1. The summed E-state index contributed by atoms with van der Waals surface area (Å²) in [5.74, 6) is 1.38. The van der Waals surface area contributed by atoms with Crippen LogP contribution in [0.25, 0.3) is 0 Å². The molecule has 0 fully saturated rings. The zero-order valence-electron chi connectivity index (χ0n) is 16.2. The predicted molar refractivity (Wildman–Crippen MR) is 107 cm³/mol. The molecule has 1 aromatic carbocycles. The largest absolute Gasteiger partial charge is 0.497 e. The van der Waals surface area contributed by atoms with E-state index in [4.69, 9.17) is 9.47 Å². The van der Waals surface area contributed by atoms with E-state index < -0.39 is 6.04 Å². The average Bonchev–Trinajstić information content (AvgIpc) is 3.21. The first-order valence-corrected chi connectivity index (χ1v) is 8.94. The Morgan fingerprint density at radius 3 is 2.76 bits per heavy atom. The number of aromatic nitrogens is 4.